The van der Waals surface area contributed by atoms with Gasteiger partial charge in [0.15, 0.2) is 0 Å². The van der Waals surface area contributed by atoms with E-state index in [1.165, 1.54) is 5.56 Å². The van der Waals surface area contributed by atoms with E-state index in [1.807, 2.05) is 24.3 Å². The van der Waals surface area contributed by atoms with Gasteiger partial charge in [0.1, 0.15) is 0 Å². The standard InChI is InChI=1S/C14H18N2O/c1-5-10-15-13(17)16-12-8-6-11(7-9-12)14(2,3)4/h1,6-9H,10H2,2-4H3,(H2,15,16,17). The molecule has 0 radical (unpaired) electrons. The predicted octanol–water partition coefficient (Wildman–Crippen LogP) is 2.74. The summed E-state index contributed by atoms with van der Waals surface area (Å²) in [4.78, 5) is 11.3. The molecule has 1 aromatic rings. The van der Waals surface area contributed by atoms with E-state index < -0.39 is 0 Å². The molecule has 0 heterocycles. The van der Waals surface area contributed by atoms with Crippen molar-refractivity contribution in [3.05, 3.63) is 29.8 Å². The zero-order valence-corrected chi connectivity index (χ0v) is 10.5. The maximum Gasteiger partial charge on any atom is 0.319 e. The first-order valence-electron chi connectivity index (χ1n) is 5.52. The van der Waals surface area contributed by atoms with Crippen molar-refractivity contribution in [1.82, 2.24) is 5.32 Å². The van der Waals surface area contributed by atoms with Crippen LogP contribution in [0.4, 0.5) is 10.5 Å². The zero-order chi connectivity index (χ0) is 12.9. The highest BCUT2D eigenvalue weighted by Crippen LogP contribution is 2.23. The van der Waals surface area contributed by atoms with Crippen molar-refractivity contribution in [2.75, 3.05) is 11.9 Å². The summed E-state index contributed by atoms with van der Waals surface area (Å²) in [6.45, 7) is 6.67. The summed E-state index contributed by atoms with van der Waals surface area (Å²) >= 11 is 0. The van der Waals surface area contributed by atoms with E-state index in [1.54, 1.807) is 0 Å². The van der Waals surface area contributed by atoms with Crippen LogP contribution in [-0.4, -0.2) is 12.6 Å². The molecule has 3 heteroatoms. The molecular formula is C14H18N2O. The van der Waals surface area contributed by atoms with Gasteiger partial charge in [0.25, 0.3) is 0 Å². The van der Waals surface area contributed by atoms with Crippen LogP contribution in [0.2, 0.25) is 0 Å². The third-order valence-corrected chi connectivity index (χ3v) is 2.36. The number of anilines is 1. The minimum Gasteiger partial charge on any atom is -0.327 e. The van der Waals surface area contributed by atoms with Crippen LogP contribution in [0.25, 0.3) is 0 Å². The molecule has 0 bridgehead atoms. The molecule has 2 N–H and O–H groups in total. The Morgan fingerprint density at radius 1 is 1.29 bits per heavy atom. The first-order chi connectivity index (χ1) is 7.93. The Bertz CT molecular complexity index is 421. The van der Waals surface area contributed by atoms with Crippen LogP contribution in [0.5, 0.6) is 0 Å². The number of terminal acetylenes is 1. The van der Waals surface area contributed by atoms with Gasteiger partial charge >= 0.3 is 6.03 Å². The molecule has 0 aliphatic carbocycles. The van der Waals surface area contributed by atoms with E-state index in [4.69, 9.17) is 6.42 Å². The molecule has 0 aromatic heterocycles. The van der Waals surface area contributed by atoms with Crippen molar-refractivity contribution in [3.63, 3.8) is 0 Å². The Balaban J connectivity index is 2.63. The molecule has 0 saturated heterocycles. The second-order valence-electron chi connectivity index (χ2n) is 4.84. The highest BCUT2D eigenvalue weighted by Gasteiger charge is 2.12. The number of carbonyl (C=O) groups is 1. The van der Waals surface area contributed by atoms with Gasteiger partial charge in [-0.1, -0.05) is 38.8 Å². The van der Waals surface area contributed by atoms with Crippen LogP contribution in [0, 0.1) is 12.3 Å². The molecule has 0 aliphatic rings. The van der Waals surface area contributed by atoms with Crippen LogP contribution < -0.4 is 10.6 Å². The van der Waals surface area contributed by atoms with Gasteiger partial charge in [-0.05, 0) is 23.1 Å². The molecule has 0 atom stereocenters. The summed E-state index contributed by atoms with van der Waals surface area (Å²) < 4.78 is 0. The highest BCUT2D eigenvalue weighted by atomic mass is 16.2. The molecule has 2 amide bonds. The van der Waals surface area contributed by atoms with Crippen molar-refractivity contribution in [3.8, 4) is 12.3 Å². The summed E-state index contributed by atoms with van der Waals surface area (Å²) in [5.41, 5.74) is 2.10. The van der Waals surface area contributed by atoms with Crippen molar-refractivity contribution >= 4 is 11.7 Å². The largest absolute Gasteiger partial charge is 0.327 e. The van der Waals surface area contributed by atoms with Crippen molar-refractivity contribution < 1.29 is 4.79 Å². The van der Waals surface area contributed by atoms with E-state index in [9.17, 15) is 4.79 Å². The van der Waals surface area contributed by atoms with Crippen LogP contribution in [-0.2, 0) is 5.41 Å². The molecular weight excluding hydrogens is 212 g/mol. The van der Waals surface area contributed by atoms with Gasteiger partial charge in [0.05, 0.1) is 6.54 Å². The Morgan fingerprint density at radius 3 is 2.35 bits per heavy atom. The predicted molar refractivity (Wildman–Crippen MR) is 71.0 cm³/mol. The van der Waals surface area contributed by atoms with Gasteiger partial charge in [0, 0.05) is 5.69 Å². The number of nitrogens with one attached hydrogen (secondary N) is 2. The van der Waals surface area contributed by atoms with E-state index >= 15 is 0 Å². The lowest BCUT2D eigenvalue weighted by Crippen LogP contribution is -2.28. The summed E-state index contributed by atoms with van der Waals surface area (Å²) in [5.74, 6) is 2.34. The van der Waals surface area contributed by atoms with E-state index in [0.29, 0.717) is 0 Å². The lowest BCUT2D eigenvalue weighted by atomic mass is 9.87. The topological polar surface area (TPSA) is 41.1 Å². The Kier molecular flexibility index (Phi) is 4.17. The Hall–Kier alpha value is -1.95. The van der Waals surface area contributed by atoms with Gasteiger partial charge in [0.2, 0.25) is 0 Å². The maximum absolute atomic E-state index is 11.3. The fraction of sp³-hybridized carbons (Fsp3) is 0.357. The second kappa shape index (κ2) is 5.40. The van der Waals surface area contributed by atoms with Gasteiger partial charge in [-0.3, -0.25) is 0 Å². The molecule has 3 nitrogen and oxygen atoms in total. The molecule has 0 saturated carbocycles. The number of rotatable bonds is 2. The van der Waals surface area contributed by atoms with E-state index in [2.05, 4.69) is 37.3 Å². The second-order valence-corrected chi connectivity index (χ2v) is 4.84. The number of benzene rings is 1. The molecule has 0 spiro atoms. The summed E-state index contributed by atoms with van der Waals surface area (Å²) in [6.07, 6.45) is 5.05. The smallest absolute Gasteiger partial charge is 0.319 e. The highest BCUT2D eigenvalue weighted by molar-refractivity contribution is 5.89. The number of carbonyl (C=O) groups excluding carboxylic acids is 1. The normalized spacial score (nSPS) is 10.5. The molecule has 0 unspecified atom stereocenters. The summed E-state index contributed by atoms with van der Waals surface area (Å²) in [5, 5.41) is 5.25. The Labute approximate surface area is 103 Å². The average molecular weight is 230 g/mol. The molecule has 90 valence electrons. The molecule has 1 rings (SSSR count). The third kappa shape index (κ3) is 4.20. The molecule has 17 heavy (non-hydrogen) atoms. The third-order valence-electron chi connectivity index (χ3n) is 2.36. The van der Waals surface area contributed by atoms with Gasteiger partial charge in [-0.2, -0.15) is 0 Å². The number of hydrogen-bond donors (Lipinski definition) is 2. The number of hydrogen-bond acceptors (Lipinski definition) is 1. The molecule has 1 aromatic carbocycles. The summed E-state index contributed by atoms with van der Waals surface area (Å²) in [7, 11) is 0. The zero-order valence-electron chi connectivity index (χ0n) is 10.5. The van der Waals surface area contributed by atoms with Gasteiger partial charge in [-0.25, -0.2) is 4.79 Å². The fourth-order valence-electron chi connectivity index (χ4n) is 1.36. The van der Waals surface area contributed by atoms with Crippen LogP contribution in [0.15, 0.2) is 24.3 Å². The lowest BCUT2D eigenvalue weighted by Gasteiger charge is -2.19. The van der Waals surface area contributed by atoms with Gasteiger partial charge in [-0.15, -0.1) is 6.42 Å². The number of urea groups is 1. The number of amides is 2. The molecule has 0 fully saturated rings. The van der Waals surface area contributed by atoms with E-state index in [0.717, 1.165) is 5.69 Å². The lowest BCUT2D eigenvalue weighted by molar-refractivity contribution is 0.253. The summed E-state index contributed by atoms with van der Waals surface area (Å²) in [6, 6.07) is 7.51. The average Bonchev–Trinajstić information content (AvgIpc) is 2.26. The monoisotopic (exact) mass is 230 g/mol. The van der Waals surface area contributed by atoms with Crippen LogP contribution in [0.1, 0.15) is 26.3 Å². The quantitative estimate of drug-likeness (QED) is 0.754. The first kappa shape index (κ1) is 13.1. The SMILES string of the molecule is C#CCNC(=O)Nc1ccc(C(C)(C)C)cc1. The van der Waals surface area contributed by atoms with Crippen LogP contribution >= 0.6 is 0 Å². The van der Waals surface area contributed by atoms with Crippen molar-refractivity contribution in [2.45, 2.75) is 26.2 Å². The van der Waals surface area contributed by atoms with Crippen molar-refractivity contribution in [1.29, 1.82) is 0 Å². The maximum atomic E-state index is 11.3. The van der Waals surface area contributed by atoms with Crippen LogP contribution in [0.3, 0.4) is 0 Å². The minimum absolute atomic E-state index is 0.115. The van der Waals surface area contributed by atoms with Gasteiger partial charge < -0.3 is 10.6 Å². The Morgan fingerprint density at radius 2 is 1.88 bits per heavy atom. The molecule has 0 aliphatic heterocycles. The minimum atomic E-state index is -0.286. The fourth-order valence-corrected chi connectivity index (χ4v) is 1.36. The first-order valence-corrected chi connectivity index (χ1v) is 5.52. The van der Waals surface area contributed by atoms with Crippen molar-refractivity contribution in [2.24, 2.45) is 0 Å². The van der Waals surface area contributed by atoms with E-state index in [-0.39, 0.29) is 18.0 Å².